The molecule has 112 valence electrons. The molecule has 3 heteroatoms. The lowest BCUT2D eigenvalue weighted by atomic mass is 10.00. The van der Waals surface area contributed by atoms with Crippen LogP contribution in [0, 0.1) is 13.8 Å². The summed E-state index contributed by atoms with van der Waals surface area (Å²) in [4.78, 5) is 0. The molecular weight excluding hydrogens is 262 g/mol. The van der Waals surface area contributed by atoms with Gasteiger partial charge in [0.2, 0.25) is 0 Å². The van der Waals surface area contributed by atoms with Crippen molar-refractivity contribution in [1.82, 2.24) is 5.32 Å². The molecule has 2 N–H and O–H groups in total. The van der Waals surface area contributed by atoms with Gasteiger partial charge >= 0.3 is 0 Å². The van der Waals surface area contributed by atoms with Crippen LogP contribution in [0.4, 0.5) is 0 Å². The van der Waals surface area contributed by atoms with Gasteiger partial charge in [-0.1, -0.05) is 23.8 Å². The Morgan fingerprint density at radius 2 is 1.90 bits per heavy atom. The van der Waals surface area contributed by atoms with Gasteiger partial charge in [0.1, 0.15) is 11.5 Å². The van der Waals surface area contributed by atoms with Gasteiger partial charge in [0.25, 0.3) is 0 Å². The smallest absolute Gasteiger partial charge is 0.120 e. The molecule has 2 rings (SSSR count). The van der Waals surface area contributed by atoms with Gasteiger partial charge in [-0.2, -0.15) is 0 Å². The van der Waals surface area contributed by atoms with Crippen LogP contribution < -0.4 is 10.1 Å². The molecule has 0 saturated carbocycles. The molecule has 0 radical (unpaired) electrons. The van der Waals surface area contributed by atoms with Crippen LogP contribution in [0.25, 0.3) is 0 Å². The highest BCUT2D eigenvalue weighted by molar-refractivity contribution is 5.39. The number of benzene rings is 2. The Bertz CT molecular complexity index is 623. The zero-order valence-electron chi connectivity index (χ0n) is 13.1. The van der Waals surface area contributed by atoms with Crippen LogP contribution >= 0.6 is 0 Å². The number of phenols is 1. The van der Waals surface area contributed by atoms with E-state index in [1.54, 1.807) is 19.2 Å². The van der Waals surface area contributed by atoms with Crippen molar-refractivity contribution in [1.29, 1.82) is 0 Å². The summed E-state index contributed by atoms with van der Waals surface area (Å²) in [6.45, 7) is 6.95. The molecule has 0 aliphatic heterocycles. The second kappa shape index (κ2) is 6.64. The summed E-state index contributed by atoms with van der Waals surface area (Å²) in [6.07, 6.45) is 0. The molecule has 0 spiro atoms. The fourth-order valence-electron chi connectivity index (χ4n) is 2.43. The molecule has 2 aromatic carbocycles. The number of methoxy groups -OCH3 is 1. The molecule has 3 nitrogen and oxygen atoms in total. The third kappa shape index (κ3) is 3.76. The molecule has 0 saturated heterocycles. The van der Waals surface area contributed by atoms with Crippen LogP contribution in [-0.2, 0) is 6.54 Å². The van der Waals surface area contributed by atoms with Crippen molar-refractivity contribution in [3.63, 3.8) is 0 Å². The van der Waals surface area contributed by atoms with E-state index in [1.165, 1.54) is 16.7 Å². The average molecular weight is 285 g/mol. The zero-order chi connectivity index (χ0) is 15.4. The first kappa shape index (κ1) is 15.4. The highest BCUT2D eigenvalue weighted by Gasteiger charge is 2.10. The van der Waals surface area contributed by atoms with E-state index in [4.69, 9.17) is 4.74 Å². The minimum Gasteiger partial charge on any atom is -0.508 e. The molecule has 2 aromatic rings. The van der Waals surface area contributed by atoms with Crippen LogP contribution in [0.2, 0.25) is 0 Å². The topological polar surface area (TPSA) is 41.5 Å². The SMILES string of the molecule is COc1ccc(O)c(CNC(C)c2cc(C)ccc2C)c1. The number of aromatic hydroxyl groups is 1. The maximum atomic E-state index is 9.92. The van der Waals surface area contributed by atoms with E-state index in [1.807, 2.05) is 6.07 Å². The molecule has 0 bridgehead atoms. The minimum absolute atomic E-state index is 0.218. The maximum Gasteiger partial charge on any atom is 0.120 e. The van der Waals surface area contributed by atoms with Crippen molar-refractivity contribution in [2.45, 2.75) is 33.4 Å². The lowest BCUT2D eigenvalue weighted by molar-refractivity contribution is 0.409. The van der Waals surface area contributed by atoms with Gasteiger partial charge in [0, 0.05) is 18.2 Å². The van der Waals surface area contributed by atoms with Crippen molar-refractivity contribution < 1.29 is 9.84 Å². The summed E-state index contributed by atoms with van der Waals surface area (Å²) in [5.41, 5.74) is 4.66. The normalized spacial score (nSPS) is 12.2. The molecule has 0 amide bonds. The largest absolute Gasteiger partial charge is 0.508 e. The average Bonchev–Trinajstić information content (AvgIpc) is 2.48. The molecular formula is C18H23NO2. The van der Waals surface area contributed by atoms with E-state index in [2.05, 4.69) is 44.3 Å². The summed E-state index contributed by atoms with van der Waals surface area (Å²) < 4.78 is 5.20. The summed E-state index contributed by atoms with van der Waals surface area (Å²) in [5, 5.41) is 13.4. The third-order valence-electron chi connectivity index (χ3n) is 3.79. The summed E-state index contributed by atoms with van der Waals surface area (Å²) in [5.74, 6) is 1.04. The predicted octanol–water partition coefficient (Wildman–Crippen LogP) is 3.87. The number of ether oxygens (including phenoxy) is 1. The Morgan fingerprint density at radius 1 is 1.14 bits per heavy atom. The second-order valence-electron chi connectivity index (χ2n) is 5.46. The van der Waals surface area contributed by atoms with Gasteiger partial charge in [-0.05, 0) is 50.1 Å². The quantitative estimate of drug-likeness (QED) is 0.876. The number of nitrogens with one attached hydrogen (secondary N) is 1. The fourth-order valence-corrected chi connectivity index (χ4v) is 2.43. The first-order valence-electron chi connectivity index (χ1n) is 7.17. The van der Waals surface area contributed by atoms with Crippen LogP contribution in [-0.4, -0.2) is 12.2 Å². The van der Waals surface area contributed by atoms with Crippen molar-refractivity contribution in [3.8, 4) is 11.5 Å². The van der Waals surface area contributed by atoms with Crippen LogP contribution in [0.3, 0.4) is 0 Å². The lowest BCUT2D eigenvalue weighted by Gasteiger charge is -2.18. The second-order valence-corrected chi connectivity index (χ2v) is 5.46. The number of rotatable bonds is 5. The van der Waals surface area contributed by atoms with Gasteiger partial charge in [0.05, 0.1) is 7.11 Å². The summed E-state index contributed by atoms with van der Waals surface area (Å²) in [6, 6.07) is 12.0. The first-order chi connectivity index (χ1) is 10.0. The molecule has 1 unspecified atom stereocenters. The van der Waals surface area contributed by atoms with Crippen molar-refractivity contribution in [2.75, 3.05) is 7.11 Å². The highest BCUT2D eigenvalue weighted by atomic mass is 16.5. The molecule has 21 heavy (non-hydrogen) atoms. The van der Waals surface area contributed by atoms with E-state index < -0.39 is 0 Å². The van der Waals surface area contributed by atoms with Gasteiger partial charge in [-0.25, -0.2) is 0 Å². The van der Waals surface area contributed by atoms with E-state index >= 15 is 0 Å². The summed E-state index contributed by atoms with van der Waals surface area (Å²) in [7, 11) is 1.63. The predicted molar refractivity (Wildman–Crippen MR) is 85.8 cm³/mol. The number of aryl methyl sites for hydroxylation is 2. The Hall–Kier alpha value is -2.00. The number of hydrogen-bond donors (Lipinski definition) is 2. The van der Waals surface area contributed by atoms with Gasteiger partial charge in [0.15, 0.2) is 0 Å². The van der Waals surface area contributed by atoms with E-state index in [9.17, 15) is 5.11 Å². The van der Waals surface area contributed by atoms with Gasteiger partial charge < -0.3 is 15.2 Å². The van der Waals surface area contributed by atoms with Crippen LogP contribution in [0.1, 0.15) is 35.2 Å². The van der Waals surface area contributed by atoms with Crippen LogP contribution in [0.5, 0.6) is 11.5 Å². The summed E-state index contributed by atoms with van der Waals surface area (Å²) >= 11 is 0. The van der Waals surface area contributed by atoms with Gasteiger partial charge in [-0.3, -0.25) is 0 Å². The fraction of sp³-hybridized carbons (Fsp3) is 0.333. The maximum absolute atomic E-state index is 9.92. The molecule has 1 atom stereocenters. The Kier molecular flexibility index (Phi) is 4.86. The van der Waals surface area contributed by atoms with E-state index in [-0.39, 0.29) is 11.8 Å². The lowest BCUT2D eigenvalue weighted by Crippen LogP contribution is -2.19. The van der Waals surface area contributed by atoms with Gasteiger partial charge in [-0.15, -0.1) is 0 Å². The number of hydrogen-bond acceptors (Lipinski definition) is 3. The standard InChI is InChI=1S/C18H23NO2/c1-12-5-6-13(2)17(9-12)14(3)19-11-15-10-16(21-4)7-8-18(15)20/h5-10,14,19-20H,11H2,1-4H3. The van der Waals surface area contributed by atoms with Crippen LogP contribution in [0.15, 0.2) is 36.4 Å². The Labute approximate surface area is 126 Å². The molecule has 0 fully saturated rings. The molecule has 0 aromatic heterocycles. The Balaban J connectivity index is 2.10. The Morgan fingerprint density at radius 3 is 2.62 bits per heavy atom. The highest BCUT2D eigenvalue weighted by Crippen LogP contribution is 2.24. The number of phenolic OH excluding ortho intramolecular Hbond substituents is 1. The zero-order valence-corrected chi connectivity index (χ0v) is 13.1. The monoisotopic (exact) mass is 285 g/mol. The van der Waals surface area contributed by atoms with Crippen molar-refractivity contribution in [2.24, 2.45) is 0 Å². The van der Waals surface area contributed by atoms with Crippen molar-refractivity contribution in [3.05, 3.63) is 58.7 Å². The first-order valence-corrected chi connectivity index (χ1v) is 7.17. The molecule has 0 aliphatic carbocycles. The molecule has 0 heterocycles. The molecule has 0 aliphatic rings. The van der Waals surface area contributed by atoms with E-state index in [0.29, 0.717) is 6.54 Å². The minimum atomic E-state index is 0.218. The third-order valence-corrected chi connectivity index (χ3v) is 3.79. The van der Waals surface area contributed by atoms with Crippen molar-refractivity contribution >= 4 is 0 Å². The van der Waals surface area contributed by atoms with E-state index in [0.717, 1.165) is 11.3 Å².